The Morgan fingerprint density at radius 3 is 2.75 bits per heavy atom. The summed E-state index contributed by atoms with van der Waals surface area (Å²) >= 11 is 0. The third-order valence-electron chi connectivity index (χ3n) is 4.98. The van der Waals surface area contributed by atoms with E-state index in [9.17, 15) is 18.0 Å². The molecule has 0 bridgehead atoms. The Balaban J connectivity index is 1.55. The minimum Gasteiger partial charge on any atom is -0.490 e. The average Bonchev–Trinajstić information content (AvgIpc) is 2.70. The van der Waals surface area contributed by atoms with Gasteiger partial charge in [-0.05, 0) is 31.5 Å². The number of aromatic nitrogens is 1. The van der Waals surface area contributed by atoms with E-state index in [-0.39, 0.29) is 29.3 Å². The molecule has 166 valence electrons. The molecule has 9 nitrogen and oxygen atoms in total. The lowest BCUT2D eigenvalue weighted by Crippen LogP contribution is -2.48. The molecule has 1 aliphatic rings. The van der Waals surface area contributed by atoms with Gasteiger partial charge in [0.2, 0.25) is 5.56 Å². The van der Waals surface area contributed by atoms with Crippen LogP contribution in [0.5, 0.6) is 5.75 Å². The third kappa shape index (κ3) is 4.35. The molecule has 0 unspecified atom stereocenters. The normalized spacial score (nSPS) is 15.0. The Labute approximate surface area is 184 Å². The van der Waals surface area contributed by atoms with E-state index in [0.29, 0.717) is 27.8 Å². The van der Waals surface area contributed by atoms with Crippen LogP contribution in [-0.4, -0.2) is 37.3 Å². The van der Waals surface area contributed by atoms with Crippen LogP contribution in [0, 0.1) is 0 Å². The smallest absolute Gasteiger partial charge is 0.259 e. The topological polar surface area (TPSA) is 144 Å². The van der Waals surface area contributed by atoms with Gasteiger partial charge in [-0.1, -0.05) is 30.3 Å². The van der Waals surface area contributed by atoms with Gasteiger partial charge in [-0.3, -0.25) is 9.59 Å². The number of sulfonamides is 1. The first-order valence-corrected chi connectivity index (χ1v) is 11.4. The highest BCUT2D eigenvalue weighted by Gasteiger charge is 2.28. The maximum atomic E-state index is 13.0. The van der Waals surface area contributed by atoms with Crippen molar-refractivity contribution >= 4 is 32.7 Å². The van der Waals surface area contributed by atoms with Crippen LogP contribution in [0.1, 0.15) is 35.3 Å². The molecule has 1 aliphatic heterocycles. The number of aromatic amines is 1. The van der Waals surface area contributed by atoms with Gasteiger partial charge in [0.15, 0.2) is 0 Å². The van der Waals surface area contributed by atoms with E-state index in [1.165, 1.54) is 6.07 Å². The second kappa shape index (κ2) is 7.79. The van der Waals surface area contributed by atoms with Crippen LogP contribution in [-0.2, 0) is 15.8 Å². The van der Waals surface area contributed by atoms with Gasteiger partial charge in [0.25, 0.3) is 15.9 Å². The molecule has 0 spiro atoms. The molecule has 0 radical (unpaired) electrons. The summed E-state index contributed by atoms with van der Waals surface area (Å²) in [6.45, 7) is 3.62. The van der Waals surface area contributed by atoms with Gasteiger partial charge in [-0.2, -0.15) is 0 Å². The minimum atomic E-state index is -3.65. The molecule has 0 aliphatic carbocycles. The van der Waals surface area contributed by atoms with Crippen molar-refractivity contribution in [3.8, 4) is 5.75 Å². The zero-order valence-corrected chi connectivity index (χ0v) is 18.3. The van der Waals surface area contributed by atoms with E-state index in [2.05, 4.69) is 14.7 Å². The van der Waals surface area contributed by atoms with Crippen molar-refractivity contribution in [3.63, 3.8) is 0 Å². The van der Waals surface area contributed by atoms with Gasteiger partial charge in [0.1, 0.15) is 18.2 Å². The van der Waals surface area contributed by atoms with Crippen molar-refractivity contribution in [1.82, 2.24) is 10.3 Å². The zero-order valence-electron chi connectivity index (χ0n) is 17.5. The van der Waals surface area contributed by atoms with E-state index in [4.69, 9.17) is 10.5 Å². The highest BCUT2D eigenvalue weighted by atomic mass is 32.2. The van der Waals surface area contributed by atoms with E-state index < -0.39 is 21.5 Å². The third-order valence-corrected chi connectivity index (χ3v) is 6.13. The summed E-state index contributed by atoms with van der Waals surface area (Å²) < 4.78 is 33.2. The van der Waals surface area contributed by atoms with Crippen LogP contribution in [0.2, 0.25) is 0 Å². The molecule has 2 aromatic carbocycles. The van der Waals surface area contributed by atoms with Crippen LogP contribution >= 0.6 is 0 Å². The van der Waals surface area contributed by atoms with Gasteiger partial charge in [-0.25, -0.2) is 8.42 Å². The highest BCUT2D eigenvalue weighted by molar-refractivity contribution is 7.89. The lowest BCUT2D eigenvalue weighted by Gasteiger charge is -2.28. The Hall–Kier alpha value is -3.66. The Morgan fingerprint density at radius 2 is 1.97 bits per heavy atom. The van der Waals surface area contributed by atoms with Crippen molar-refractivity contribution in [1.29, 1.82) is 0 Å². The number of carbonyl (C=O) groups is 1. The predicted octanol–water partition coefficient (Wildman–Crippen LogP) is 1.66. The molecule has 1 amide bonds. The summed E-state index contributed by atoms with van der Waals surface area (Å²) in [5.41, 5.74) is 6.45. The first kappa shape index (κ1) is 21.6. The minimum absolute atomic E-state index is 0.0658. The molecule has 4 N–H and O–H groups in total. The second-order valence-electron chi connectivity index (χ2n) is 8.21. The van der Waals surface area contributed by atoms with Crippen molar-refractivity contribution in [2.45, 2.75) is 25.1 Å². The molecule has 2 heterocycles. The number of H-pyrrole nitrogens is 1. The second-order valence-corrected chi connectivity index (χ2v) is 9.85. The average molecular weight is 455 g/mol. The van der Waals surface area contributed by atoms with Crippen molar-refractivity contribution in [3.05, 3.63) is 75.6 Å². The molecule has 0 saturated heterocycles. The summed E-state index contributed by atoms with van der Waals surface area (Å²) in [6.07, 6.45) is 0. The number of hydrogen-bond donors (Lipinski definition) is 3. The number of carbonyl (C=O) groups excluding carboxylic acids is 1. The monoisotopic (exact) mass is 454 g/mol. The fraction of sp³-hybridized carbons (Fsp3) is 0.227. The molecule has 32 heavy (non-hydrogen) atoms. The summed E-state index contributed by atoms with van der Waals surface area (Å²) in [6, 6.07) is 13.3. The van der Waals surface area contributed by atoms with Crippen molar-refractivity contribution in [2.75, 3.05) is 6.61 Å². The summed E-state index contributed by atoms with van der Waals surface area (Å²) in [5.74, 6) is -0.417. The van der Waals surface area contributed by atoms with E-state index in [0.717, 1.165) is 0 Å². The summed E-state index contributed by atoms with van der Waals surface area (Å²) in [5, 5.41) is 3.52. The largest absolute Gasteiger partial charge is 0.490 e. The first-order chi connectivity index (χ1) is 15.0. The van der Waals surface area contributed by atoms with Crippen LogP contribution in [0.15, 0.2) is 57.7 Å². The number of benzene rings is 2. The van der Waals surface area contributed by atoms with Gasteiger partial charge < -0.3 is 20.8 Å². The van der Waals surface area contributed by atoms with E-state index in [1.807, 2.05) is 0 Å². The molecule has 1 aromatic heterocycles. The molecular formula is C22H22N4O5S. The van der Waals surface area contributed by atoms with Crippen LogP contribution in [0.3, 0.4) is 0 Å². The predicted molar refractivity (Wildman–Crippen MR) is 121 cm³/mol. The lowest BCUT2D eigenvalue weighted by atomic mass is 10.0. The van der Waals surface area contributed by atoms with Gasteiger partial charge in [0.05, 0.1) is 22.4 Å². The zero-order chi connectivity index (χ0) is 23.1. The number of nitrogens with one attached hydrogen (secondary N) is 2. The number of rotatable bonds is 5. The molecular weight excluding hydrogens is 432 g/mol. The van der Waals surface area contributed by atoms with Crippen molar-refractivity contribution < 1.29 is 17.9 Å². The van der Waals surface area contributed by atoms with Crippen LogP contribution < -0.4 is 21.3 Å². The molecule has 3 aromatic rings. The number of hydrogen-bond acceptors (Lipinski definition) is 6. The quantitative estimate of drug-likeness (QED) is 0.535. The number of fused-ring (bicyclic) bond motifs is 2. The molecule has 0 atom stereocenters. The number of para-hydroxylation sites is 1. The number of nitrogens with zero attached hydrogens (tertiary/aromatic N) is 1. The SMILES string of the molecule is CC(C)(COc1cccc2c1C(N)=NS(=O)(=O)C2)NC(=O)c1cc(=O)[nH]c2ccccc12. The lowest BCUT2D eigenvalue weighted by molar-refractivity contribution is 0.0882. The summed E-state index contributed by atoms with van der Waals surface area (Å²) in [7, 11) is -3.65. The maximum absolute atomic E-state index is 13.0. The van der Waals surface area contributed by atoms with Crippen LogP contribution in [0.25, 0.3) is 10.9 Å². The summed E-state index contributed by atoms with van der Waals surface area (Å²) in [4.78, 5) is 27.6. The molecule has 0 fully saturated rings. The Bertz CT molecular complexity index is 1420. The Kier molecular flexibility index (Phi) is 5.25. The highest BCUT2D eigenvalue weighted by Crippen LogP contribution is 2.28. The number of amides is 1. The standard InChI is InChI=1S/C22H22N4O5S/c1-22(2,25-21(28)15-10-18(27)24-16-8-4-3-7-14(15)16)12-31-17-9-5-6-13-11-32(29,30)26-20(23)19(13)17/h3-10H,11-12H2,1-2H3,(H2,23,26)(H,24,27)(H,25,28). The van der Waals surface area contributed by atoms with E-state index >= 15 is 0 Å². The van der Waals surface area contributed by atoms with Gasteiger partial charge in [0, 0.05) is 17.0 Å². The van der Waals surface area contributed by atoms with E-state index in [1.54, 1.807) is 56.3 Å². The van der Waals surface area contributed by atoms with Crippen molar-refractivity contribution in [2.24, 2.45) is 10.1 Å². The first-order valence-electron chi connectivity index (χ1n) is 9.82. The number of ether oxygens (including phenoxy) is 1. The molecule has 4 rings (SSSR count). The number of amidine groups is 1. The molecule has 0 saturated carbocycles. The fourth-order valence-electron chi connectivity index (χ4n) is 3.59. The van der Waals surface area contributed by atoms with Gasteiger partial charge >= 0.3 is 0 Å². The fourth-order valence-corrected chi connectivity index (χ4v) is 4.68. The number of nitrogens with two attached hydrogens (primary N) is 1. The number of pyridine rings is 1. The van der Waals surface area contributed by atoms with Gasteiger partial charge in [-0.15, -0.1) is 4.40 Å². The molecule has 10 heteroatoms. The Morgan fingerprint density at radius 1 is 1.22 bits per heavy atom. The maximum Gasteiger partial charge on any atom is 0.259 e. The van der Waals surface area contributed by atoms with Crippen LogP contribution in [0.4, 0.5) is 0 Å².